The van der Waals surface area contributed by atoms with Gasteiger partial charge in [-0.05, 0) is 47.5 Å². The van der Waals surface area contributed by atoms with Crippen molar-refractivity contribution in [2.24, 2.45) is 0 Å². The quantitative estimate of drug-likeness (QED) is 0.176. The van der Waals surface area contributed by atoms with Crippen LogP contribution in [-0.2, 0) is 19.3 Å². The Labute approximate surface area is 215 Å². The van der Waals surface area contributed by atoms with Crippen LogP contribution in [0.3, 0.4) is 0 Å². The molecule has 0 unspecified atom stereocenters. The van der Waals surface area contributed by atoms with Crippen molar-refractivity contribution >= 4 is 17.6 Å². The summed E-state index contributed by atoms with van der Waals surface area (Å²) in [6.45, 7) is 0.0973. The lowest BCUT2D eigenvalue weighted by molar-refractivity contribution is -0.137. The standard InChI is InChI=1S/C28H22F3N3O4/c29-28(30,31)22-12-8-19(9-13-22)17-34-23(25(35)20-4-2-1-3-5-20)14-15-24(34)27(37)32-16-18-6-10-21(11-7-18)26(36)33-38/h1-15,38H,16-17H2,(H,32,37)(H,33,36). The van der Waals surface area contributed by atoms with E-state index in [1.165, 1.54) is 46.4 Å². The normalized spacial score (nSPS) is 11.2. The number of carbonyl (C=O) groups is 3. The highest BCUT2D eigenvalue weighted by Gasteiger charge is 2.30. The molecule has 3 aromatic carbocycles. The number of rotatable bonds is 8. The van der Waals surface area contributed by atoms with Crippen molar-refractivity contribution in [1.82, 2.24) is 15.4 Å². The van der Waals surface area contributed by atoms with Crippen molar-refractivity contribution in [1.29, 1.82) is 0 Å². The monoisotopic (exact) mass is 521 g/mol. The Morgan fingerprint density at radius 1 is 0.711 bits per heavy atom. The zero-order valence-electron chi connectivity index (χ0n) is 19.8. The van der Waals surface area contributed by atoms with Crippen molar-refractivity contribution in [3.8, 4) is 0 Å². The largest absolute Gasteiger partial charge is 0.416 e. The van der Waals surface area contributed by atoms with E-state index in [2.05, 4.69) is 5.32 Å². The van der Waals surface area contributed by atoms with E-state index < -0.39 is 23.6 Å². The number of hydrogen-bond donors (Lipinski definition) is 3. The number of alkyl halides is 3. The van der Waals surface area contributed by atoms with Gasteiger partial charge in [-0.2, -0.15) is 13.2 Å². The van der Waals surface area contributed by atoms with Gasteiger partial charge in [0, 0.05) is 24.2 Å². The molecular weight excluding hydrogens is 499 g/mol. The molecule has 0 radical (unpaired) electrons. The first kappa shape index (κ1) is 26.4. The molecule has 0 saturated carbocycles. The minimum absolute atomic E-state index is 0.00718. The molecule has 4 rings (SSSR count). The van der Waals surface area contributed by atoms with E-state index >= 15 is 0 Å². The number of nitrogens with zero attached hydrogens (tertiary/aromatic N) is 1. The molecule has 38 heavy (non-hydrogen) atoms. The highest BCUT2D eigenvalue weighted by Crippen LogP contribution is 2.29. The van der Waals surface area contributed by atoms with Gasteiger partial charge < -0.3 is 9.88 Å². The van der Waals surface area contributed by atoms with Crippen LogP contribution >= 0.6 is 0 Å². The molecule has 0 atom stereocenters. The van der Waals surface area contributed by atoms with E-state index in [9.17, 15) is 27.6 Å². The fourth-order valence-corrected chi connectivity index (χ4v) is 3.86. The Hall–Kier alpha value is -4.70. The van der Waals surface area contributed by atoms with Crippen molar-refractivity contribution in [2.75, 3.05) is 0 Å². The van der Waals surface area contributed by atoms with E-state index in [-0.39, 0.29) is 35.8 Å². The summed E-state index contributed by atoms with van der Waals surface area (Å²) in [5.41, 5.74) is 2.89. The molecule has 0 spiro atoms. The SMILES string of the molecule is O=C(NO)c1ccc(CNC(=O)c2ccc(C(=O)c3ccccc3)n2Cc2ccc(C(F)(F)F)cc2)cc1. The van der Waals surface area contributed by atoms with Gasteiger partial charge >= 0.3 is 6.18 Å². The average molecular weight is 521 g/mol. The lowest BCUT2D eigenvalue weighted by Crippen LogP contribution is -2.27. The predicted molar refractivity (Wildman–Crippen MR) is 132 cm³/mol. The third-order valence-corrected chi connectivity index (χ3v) is 5.87. The summed E-state index contributed by atoms with van der Waals surface area (Å²) < 4.78 is 40.5. The van der Waals surface area contributed by atoms with Crippen LogP contribution in [0.25, 0.3) is 0 Å². The highest BCUT2D eigenvalue weighted by molar-refractivity contribution is 6.09. The van der Waals surface area contributed by atoms with E-state index in [4.69, 9.17) is 5.21 Å². The number of nitrogens with one attached hydrogen (secondary N) is 2. The third-order valence-electron chi connectivity index (χ3n) is 5.87. The van der Waals surface area contributed by atoms with Crippen LogP contribution in [0.5, 0.6) is 0 Å². The molecule has 0 aliphatic rings. The molecule has 1 aromatic heterocycles. The van der Waals surface area contributed by atoms with Gasteiger partial charge in [0.05, 0.1) is 11.3 Å². The molecule has 7 nitrogen and oxygen atoms in total. The second-order valence-electron chi connectivity index (χ2n) is 8.40. The lowest BCUT2D eigenvalue weighted by atomic mass is 10.1. The zero-order valence-corrected chi connectivity index (χ0v) is 19.8. The number of benzene rings is 3. The van der Waals surface area contributed by atoms with E-state index in [1.807, 2.05) is 0 Å². The molecule has 0 aliphatic carbocycles. The second-order valence-corrected chi connectivity index (χ2v) is 8.40. The molecule has 0 saturated heterocycles. The van der Waals surface area contributed by atoms with Crippen LogP contribution < -0.4 is 10.8 Å². The summed E-state index contributed by atoms with van der Waals surface area (Å²) in [6.07, 6.45) is -4.48. The van der Waals surface area contributed by atoms with Crippen molar-refractivity contribution in [2.45, 2.75) is 19.3 Å². The first-order valence-corrected chi connectivity index (χ1v) is 11.4. The maximum absolute atomic E-state index is 13.2. The Bertz CT molecular complexity index is 1450. The first-order valence-electron chi connectivity index (χ1n) is 11.4. The maximum Gasteiger partial charge on any atom is 0.416 e. The number of halogens is 3. The molecule has 3 N–H and O–H groups in total. The summed E-state index contributed by atoms with van der Waals surface area (Å²) in [5, 5.41) is 11.5. The van der Waals surface area contributed by atoms with Gasteiger partial charge in [-0.15, -0.1) is 0 Å². The van der Waals surface area contributed by atoms with Crippen molar-refractivity contribution < 1.29 is 32.8 Å². The Morgan fingerprint density at radius 2 is 1.32 bits per heavy atom. The number of amides is 2. The van der Waals surface area contributed by atoms with Crippen LogP contribution in [0.2, 0.25) is 0 Å². The summed E-state index contributed by atoms with van der Waals surface area (Å²) in [7, 11) is 0. The maximum atomic E-state index is 13.2. The number of hydroxylamine groups is 1. The van der Waals surface area contributed by atoms with Crippen LogP contribution in [-0.4, -0.2) is 27.4 Å². The number of aromatic nitrogens is 1. The summed E-state index contributed by atoms with van der Waals surface area (Å²) in [6, 6.07) is 22.2. The van der Waals surface area contributed by atoms with Crippen LogP contribution in [0.4, 0.5) is 13.2 Å². The average Bonchev–Trinajstić information content (AvgIpc) is 3.34. The fraction of sp³-hybridized carbons (Fsp3) is 0.107. The van der Waals surface area contributed by atoms with Gasteiger partial charge in [0.1, 0.15) is 5.69 Å². The van der Waals surface area contributed by atoms with E-state index in [0.717, 1.165) is 12.1 Å². The molecule has 194 valence electrons. The van der Waals surface area contributed by atoms with Crippen molar-refractivity contribution in [3.05, 3.63) is 130 Å². The Balaban J connectivity index is 1.60. The van der Waals surface area contributed by atoms with Crippen LogP contribution in [0, 0.1) is 0 Å². The molecule has 0 fully saturated rings. The van der Waals surface area contributed by atoms with Crippen molar-refractivity contribution in [3.63, 3.8) is 0 Å². The number of ketones is 1. The molecule has 10 heteroatoms. The Kier molecular flexibility index (Phi) is 7.73. The second kappa shape index (κ2) is 11.1. The topological polar surface area (TPSA) is 100 Å². The smallest absolute Gasteiger partial charge is 0.347 e. The summed E-state index contributed by atoms with van der Waals surface area (Å²) >= 11 is 0. The van der Waals surface area contributed by atoms with Gasteiger partial charge in [-0.3, -0.25) is 19.6 Å². The Morgan fingerprint density at radius 3 is 1.92 bits per heavy atom. The number of hydrogen-bond acceptors (Lipinski definition) is 4. The molecule has 1 heterocycles. The van der Waals surface area contributed by atoms with Gasteiger partial charge in [-0.25, -0.2) is 5.48 Å². The number of carbonyl (C=O) groups excluding carboxylic acids is 3. The highest BCUT2D eigenvalue weighted by atomic mass is 19.4. The minimum atomic E-state index is -4.48. The summed E-state index contributed by atoms with van der Waals surface area (Å²) in [5.74, 6) is -1.51. The fourth-order valence-electron chi connectivity index (χ4n) is 3.86. The van der Waals surface area contributed by atoms with Gasteiger partial charge in [0.15, 0.2) is 0 Å². The molecule has 0 bridgehead atoms. The van der Waals surface area contributed by atoms with Gasteiger partial charge in [0.2, 0.25) is 5.78 Å². The van der Waals surface area contributed by atoms with Gasteiger partial charge in [0.25, 0.3) is 11.8 Å². The molecule has 4 aromatic rings. The van der Waals surface area contributed by atoms with E-state index in [0.29, 0.717) is 16.7 Å². The predicted octanol–water partition coefficient (Wildman–Crippen LogP) is 4.84. The van der Waals surface area contributed by atoms with Gasteiger partial charge in [-0.1, -0.05) is 54.6 Å². The van der Waals surface area contributed by atoms with Crippen LogP contribution in [0.1, 0.15) is 53.6 Å². The zero-order chi connectivity index (χ0) is 27.3. The van der Waals surface area contributed by atoms with Crippen LogP contribution in [0.15, 0.2) is 91.0 Å². The third kappa shape index (κ3) is 5.98. The van der Waals surface area contributed by atoms with E-state index in [1.54, 1.807) is 42.5 Å². The molecular formula is C28H22F3N3O4. The minimum Gasteiger partial charge on any atom is -0.347 e. The lowest BCUT2D eigenvalue weighted by Gasteiger charge is -2.14. The molecule has 2 amide bonds. The first-order chi connectivity index (χ1) is 18.2. The summed E-state index contributed by atoms with van der Waals surface area (Å²) in [4.78, 5) is 37.8. The molecule has 0 aliphatic heterocycles.